The van der Waals surface area contributed by atoms with Crippen LogP contribution < -0.4 is 4.90 Å². The van der Waals surface area contributed by atoms with Gasteiger partial charge in [0.1, 0.15) is 0 Å². The van der Waals surface area contributed by atoms with Gasteiger partial charge in [0.05, 0.1) is 33.1 Å². The van der Waals surface area contributed by atoms with Gasteiger partial charge in [-0.3, -0.25) is 0 Å². The highest BCUT2D eigenvalue weighted by Gasteiger charge is 2.25. The monoisotopic (exact) mass is 790 g/mol. The van der Waals surface area contributed by atoms with E-state index in [0.717, 1.165) is 45.2 Å². The Morgan fingerprint density at radius 1 is 0.242 bits per heavy atom. The Labute approximate surface area is 358 Å². The smallest absolute Gasteiger partial charge is 0.0804 e. The lowest BCUT2D eigenvalue weighted by atomic mass is 10.1. The fraction of sp³-hybridized carbons (Fsp3) is 0. The molecule has 0 atom stereocenters. The van der Waals surface area contributed by atoms with E-state index in [1.54, 1.807) is 0 Å². The van der Waals surface area contributed by atoms with Crippen LogP contribution in [0.2, 0.25) is 0 Å². The Kier molecular flexibility index (Phi) is 7.57. The highest BCUT2D eigenvalue weighted by molar-refractivity contribution is 6.21. The van der Waals surface area contributed by atoms with Gasteiger partial charge in [-0.05, 0) is 119 Å². The van der Waals surface area contributed by atoms with Crippen LogP contribution in [0.3, 0.4) is 0 Å². The van der Waals surface area contributed by atoms with E-state index in [2.05, 4.69) is 249 Å². The molecule has 0 N–H and O–H groups in total. The Balaban J connectivity index is 1.19. The molecule has 3 heterocycles. The van der Waals surface area contributed by atoms with Gasteiger partial charge in [0.2, 0.25) is 0 Å². The SMILES string of the molecule is c1ccc(N(c2ccccc2)c2ccc3c(c2)c2c(c4cc(-n5c6ccccc6c6ccccc65)ccc4n2-c2ccc4ccccc4c2)n3-c2ccc3ccccc3c2)cc1. The van der Waals surface area contributed by atoms with Gasteiger partial charge in [-0.25, -0.2) is 0 Å². The molecular weight excluding hydrogens is 753 g/mol. The van der Waals surface area contributed by atoms with Gasteiger partial charge < -0.3 is 18.6 Å². The number of nitrogens with zero attached hydrogens (tertiary/aromatic N) is 4. The number of para-hydroxylation sites is 4. The molecule has 0 unspecified atom stereocenters. The second kappa shape index (κ2) is 13.6. The molecule has 0 fully saturated rings. The maximum atomic E-state index is 2.51. The first-order valence-electron chi connectivity index (χ1n) is 21.3. The largest absolute Gasteiger partial charge is 0.310 e. The van der Waals surface area contributed by atoms with E-state index in [9.17, 15) is 0 Å². The zero-order valence-electron chi connectivity index (χ0n) is 33.7. The third-order valence-electron chi connectivity index (χ3n) is 12.7. The fourth-order valence-electron chi connectivity index (χ4n) is 10.0. The lowest BCUT2D eigenvalue weighted by Gasteiger charge is -2.25. The van der Waals surface area contributed by atoms with Gasteiger partial charge in [0, 0.05) is 55.7 Å². The molecule has 10 aromatic carbocycles. The van der Waals surface area contributed by atoms with Crippen LogP contribution in [0.5, 0.6) is 0 Å². The van der Waals surface area contributed by atoms with Crippen molar-refractivity contribution in [3.05, 3.63) is 231 Å². The van der Waals surface area contributed by atoms with E-state index < -0.39 is 0 Å². The molecular formula is C58H38N4. The maximum absolute atomic E-state index is 2.51. The quantitative estimate of drug-likeness (QED) is 0.164. The molecule has 3 aromatic heterocycles. The zero-order valence-corrected chi connectivity index (χ0v) is 33.7. The van der Waals surface area contributed by atoms with Crippen molar-refractivity contribution in [2.45, 2.75) is 0 Å². The molecule has 0 aliphatic rings. The zero-order chi connectivity index (χ0) is 40.7. The lowest BCUT2D eigenvalue weighted by Crippen LogP contribution is -2.09. The minimum Gasteiger partial charge on any atom is -0.310 e. The van der Waals surface area contributed by atoms with Gasteiger partial charge in [-0.1, -0.05) is 133 Å². The summed E-state index contributed by atoms with van der Waals surface area (Å²) >= 11 is 0. The first kappa shape index (κ1) is 34.5. The average molecular weight is 791 g/mol. The second-order valence-electron chi connectivity index (χ2n) is 16.2. The van der Waals surface area contributed by atoms with Crippen molar-refractivity contribution in [2.24, 2.45) is 0 Å². The lowest BCUT2D eigenvalue weighted by molar-refractivity contribution is 1.17. The third-order valence-corrected chi connectivity index (χ3v) is 12.7. The highest BCUT2D eigenvalue weighted by Crippen LogP contribution is 2.45. The summed E-state index contributed by atoms with van der Waals surface area (Å²) in [6.45, 7) is 0. The molecule has 0 bridgehead atoms. The van der Waals surface area contributed by atoms with Crippen molar-refractivity contribution < 1.29 is 0 Å². The Morgan fingerprint density at radius 2 is 0.645 bits per heavy atom. The Hall–Kier alpha value is -8.34. The Bertz CT molecular complexity index is 3700. The number of rotatable bonds is 6. The van der Waals surface area contributed by atoms with Gasteiger partial charge in [-0.2, -0.15) is 0 Å². The summed E-state index contributed by atoms with van der Waals surface area (Å²) in [4.78, 5) is 2.36. The predicted octanol–water partition coefficient (Wildman–Crippen LogP) is 15.6. The first-order chi connectivity index (χ1) is 30.8. The van der Waals surface area contributed by atoms with Crippen LogP contribution in [0.25, 0.3) is 93.3 Å². The molecule has 0 aliphatic heterocycles. The van der Waals surface area contributed by atoms with Crippen LogP contribution in [-0.4, -0.2) is 13.7 Å². The molecule has 4 heteroatoms. The van der Waals surface area contributed by atoms with E-state index in [4.69, 9.17) is 0 Å². The summed E-state index contributed by atoms with van der Waals surface area (Å²) in [6.07, 6.45) is 0. The van der Waals surface area contributed by atoms with Gasteiger partial charge in [-0.15, -0.1) is 0 Å². The van der Waals surface area contributed by atoms with Gasteiger partial charge in [0.25, 0.3) is 0 Å². The Morgan fingerprint density at radius 3 is 1.19 bits per heavy atom. The summed E-state index contributed by atoms with van der Waals surface area (Å²) in [5, 5.41) is 9.72. The fourth-order valence-corrected chi connectivity index (χ4v) is 10.0. The van der Waals surface area contributed by atoms with E-state index in [1.165, 1.54) is 65.2 Å². The number of anilines is 3. The minimum atomic E-state index is 1.09. The molecule has 13 aromatic rings. The maximum Gasteiger partial charge on any atom is 0.0804 e. The van der Waals surface area contributed by atoms with Crippen LogP contribution in [-0.2, 0) is 0 Å². The van der Waals surface area contributed by atoms with Gasteiger partial charge >= 0.3 is 0 Å². The summed E-state index contributed by atoms with van der Waals surface area (Å²) in [6, 6.07) is 84.1. The molecule has 0 saturated heterocycles. The summed E-state index contributed by atoms with van der Waals surface area (Å²) < 4.78 is 7.44. The number of fused-ring (bicyclic) bond motifs is 10. The van der Waals surface area contributed by atoms with Gasteiger partial charge in [0.15, 0.2) is 0 Å². The van der Waals surface area contributed by atoms with Crippen LogP contribution >= 0.6 is 0 Å². The molecule has 62 heavy (non-hydrogen) atoms. The number of benzene rings is 10. The van der Waals surface area contributed by atoms with Crippen molar-refractivity contribution in [1.29, 1.82) is 0 Å². The topological polar surface area (TPSA) is 18.0 Å². The van der Waals surface area contributed by atoms with Crippen molar-refractivity contribution >= 4 is 93.3 Å². The number of hydrogen-bond acceptors (Lipinski definition) is 1. The molecule has 0 radical (unpaired) electrons. The van der Waals surface area contributed by atoms with Crippen LogP contribution in [0.1, 0.15) is 0 Å². The van der Waals surface area contributed by atoms with Crippen LogP contribution in [0, 0.1) is 0 Å². The van der Waals surface area contributed by atoms with E-state index in [0.29, 0.717) is 0 Å². The molecule has 290 valence electrons. The van der Waals surface area contributed by atoms with E-state index >= 15 is 0 Å². The molecule has 0 aliphatic carbocycles. The summed E-state index contributed by atoms with van der Waals surface area (Å²) in [7, 11) is 0. The molecule has 13 rings (SSSR count). The van der Waals surface area contributed by atoms with E-state index in [-0.39, 0.29) is 0 Å². The van der Waals surface area contributed by atoms with Crippen molar-refractivity contribution in [3.63, 3.8) is 0 Å². The van der Waals surface area contributed by atoms with Crippen molar-refractivity contribution in [2.75, 3.05) is 4.90 Å². The van der Waals surface area contributed by atoms with Crippen LogP contribution in [0.4, 0.5) is 17.1 Å². The third kappa shape index (κ3) is 5.20. The standard InChI is InChI=1S/C58H38N4/c1-3-19-43(20-4-1)59(44-21-5-2-6-22-44)47-31-33-55-51(37-47)57-58(61(55)45-29-27-39-15-7-9-17-41(39)35-45)52-38-48(60-53-25-13-11-23-49(53)50-24-12-14-26-54(50)60)32-34-56(52)62(57)46-30-28-40-16-8-10-18-42(40)36-46/h1-38H. The summed E-state index contributed by atoms with van der Waals surface area (Å²) in [5.41, 5.74) is 13.7. The highest BCUT2D eigenvalue weighted by atomic mass is 15.1. The van der Waals surface area contributed by atoms with Crippen LogP contribution in [0.15, 0.2) is 231 Å². The van der Waals surface area contributed by atoms with Crippen molar-refractivity contribution in [3.8, 4) is 17.1 Å². The first-order valence-corrected chi connectivity index (χ1v) is 21.3. The average Bonchev–Trinajstić information content (AvgIpc) is 3.97. The van der Waals surface area contributed by atoms with Crippen molar-refractivity contribution in [1.82, 2.24) is 13.7 Å². The molecule has 0 amide bonds. The molecule has 0 spiro atoms. The summed E-state index contributed by atoms with van der Waals surface area (Å²) in [5.74, 6) is 0. The molecule has 0 saturated carbocycles. The number of aromatic nitrogens is 3. The normalized spacial score (nSPS) is 11.9. The van der Waals surface area contributed by atoms with E-state index in [1.807, 2.05) is 0 Å². The molecule has 4 nitrogen and oxygen atoms in total. The number of hydrogen-bond donors (Lipinski definition) is 0. The second-order valence-corrected chi connectivity index (χ2v) is 16.2. The predicted molar refractivity (Wildman–Crippen MR) is 262 cm³/mol. The minimum absolute atomic E-state index is 1.09.